The number of nitrogens with zero attached hydrogens (tertiary/aromatic N) is 5. The minimum absolute atomic E-state index is 0.161. The maximum atomic E-state index is 13.0. The van der Waals surface area contributed by atoms with Crippen LogP contribution in [0.15, 0.2) is 6.07 Å². The zero-order chi connectivity index (χ0) is 17.9. The molecule has 0 aliphatic carbocycles. The second kappa shape index (κ2) is 7.95. The standard InChI is InChI=1S/C16H31N5O2S/c1-6-20(7-2)24(22,23)21-11-9-8-10-16(21)15-12-14(13-18(3)4)19(5)17-15/h12,16H,6-11,13H2,1-5H3. The van der Waals surface area contributed by atoms with Gasteiger partial charge in [-0.3, -0.25) is 4.68 Å². The van der Waals surface area contributed by atoms with Crippen molar-refractivity contribution in [3.05, 3.63) is 17.5 Å². The average molecular weight is 358 g/mol. The van der Waals surface area contributed by atoms with Gasteiger partial charge < -0.3 is 4.90 Å². The molecule has 0 radical (unpaired) electrons. The Morgan fingerprint density at radius 1 is 1.25 bits per heavy atom. The van der Waals surface area contributed by atoms with Crippen molar-refractivity contribution in [1.82, 2.24) is 23.3 Å². The van der Waals surface area contributed by atoms with E-state index < -0.39 is 10.2 Å². The number of hydrogen-bond donors (Lipinski definition) is 0. The first-order chi connectivity index (χ1) is 11.3. The van der Waals surface area contributed by atoms with E-state index in [9.17, 15) is 8.42 Å². The molecule has 24 heavy (non-hydrogen) atoms. The number of rotatable bonds is 7. The average Bonchev–Trinajstić information content (AvgIpc) is 2.88. The lowest BCUT2D eigenvalue weighted by Gasteiger charge is -2.36. The number of piperidine rings is 1. The smallest absolute Gasteiger partial charge is 0.282 e. The minimum atomic E-state index is -3.44. The molecule has 0 amide bonds. The van der Waals surface area contributed by atoms with Crippen molar-refractivity contribution in [2.45, 2.75) is 45.7 Å². The van der Waals surface area contributed by atoms with Crippen LogP contribution in [0.1, 0.15) is 50.5 Å². The molecule has 1 aliphatic rings. The fourth-order valence-corrected chi connectivity index (χ4v) is 5.18. The first-order valence-electron chi connectivity index (χ1n) is 8.75. The van der Waals surface area contributed by atoms with Crippen LogP contribution in [0.5, 0.6) is 0 Å². The van der Waals surface area contributed by atoms with Gasteiger partial charge in [-0.15, -0.1) is 0 Å². The van der Waals surface area contributed by atoms with E-state index in [-0.39, 0.29) is 6.04 Å². The molecule has 1 unspecified atom stereocenters. The van der Waals surface area contributed by atoms with E-state index >= 15 is 0 Å². The number of aryl methyl sites for hydroxylation is 1. The van der Waals surface area contributed by atoms with Crippen LogP contribution in [0.25, 0.3) is 0 Å². The van der Waals surface area contributed by atoms with E-state index in [1.165, 1.54) is 4.31 Å². The molecule has 2 heterocycles. The van der Waals surface area contributed by atoms with Gasteiger partial charge in [-0.05, 0) is 33.0 Å². The number of aromatic nitrogens is 2. The first kappa shape index (κ1) is 19.4. The van der Waals surface area contributed by atoms with Crippen molar-refractivity contribution in [2.24, 2.45) is 7.05 Å². The summed E-state index contributed by atoms with van der Waals surface area (Å²) in [6.07, 6.45) is 2.78. The summed E-state index contributed by atoms with van der Waals surface area (Å²) in [4.78, 5) is 2.09. The molecule has 0 bridgehead atoms. The molecule has 8 heteroatoms. The van der Waals surface area contributed by atoms with Gasteiger partial charge in [-0.1, -0.05) is 20.3 Å². The Hall–Kier alpha value is -0.960. The number of hydrogen-bond acceptors (Lipinski definition) is 4. The van der Waals surface area contributed by atoms with E-state index in [0.29, 0.717) is 19.6 Å². The monoisotopic (exact) mass is 357 g/mol. The summed E-state index contributed by atoms with van der Waals surface area (Å²) in [6, 6.07) is 1.90. The summed E-state index contributed by atoms with van der Waals surface area (Å²) < 4.78 is 31.1. The highest BCUT2D eigenvalue weighted by atomic mass is 32.2. The van der Waals surface area contributed by atoms with Gasteiger partial charge in [0.1, 0.15) is 0 Å². The highest BCUT2D eigenvalue weighted by molar-refractivity contribution is 7.86. The topological polar surface area (TPSA) is 61.7 Å². The summed E-state index contributed by atoms with van der Waals surface area (Å²) in [5.41, 5.74) is 1.96. The van der Waals surface area contributed by atoms with Crippen molar-refractivity contribution in [3.8, 4) is 0 Å². The van der Waals surface area contributed by atoms with Gasteiger partial charge in [-0.2, -0.15) is 22.1 Å². The van der Waals surface area contributed by atoms with E-state index in [0.717, 1.165) is 37.2 Å². The molecule has 0 saturated carbocycles. The van der Waals surface area contributed by atoms with Crippen molar-refractivity contribution in [1.29, 1.82) is 0 Å². The third-order valence-electron chi connectivity index (χ3n) is 4.60. The third-order valence-corrected chi connectivity index (χ3v) is 6.80. The van der Waals surface area contributed by atoms with Crippen molar-refractivity contribution < 1.29 is 8.42 Å². The van der Waals surface area contributed by atoms with Crippen molar-refractivity contribution >= 4 is 10.2 Å². The Kier molecular flexibility index (Phi) is 6.41. The Morgan fingerprint density at radius 3 is 2.50 bits per heavy atom. The summed E-state index contributed by atoms with van der Waals surface area (Å²) in [7, 11) is 2.52. The molecular weight excluding hydrogens is 326 g/mol. The van der Waals surface area contributed by atoms with Crippen LogP contribution in [-0.4, -0.2) is 65.4 Å². The summed E-state index contributed by atoms with van der Waals surface area (Å²) >= 11 is 0. The fraction of sp³-hybridized carbons (Fsp3) is 0.812. The van der Waals surface area contributed by atoms with Gasteiger partial charge in [0.2, 0.25) is 0 Å². The predicted octanol–water partition coefficient (Wildman–Crippen LogP) is 1.60. The van der Waals surface area contributed by atoms with Crippen molar-refractivity contribution in [3.63, 3.8) is 0 Å². The van der Waals surface area contributed by atoms with Crippen molar-refractivity contribution in [2.75, 3.05) is 33.7 Å². The van der Waals surface area contributed by atoms with Crippen LogP contribution in [0.4, 0.5) is 0 Å². The molecule has 0 aromatic carbocycles. The maximum absolute atomic E-state index is 13.0. The van der Waals surface area contributed by atoms with Gasteiger partial charge in [0.25, 0.3) is 10.2 Å². The molecule has 1 saturated heterocycles. The lowest BCUT2D eigenvalue weighted by molar-refractivity contribution is 0.231. The zero-order valence-corrected chi connectivity index (χ0v) is 16.4. The minimum Gasteiger partial charge on any atom is -0.304 e. The molecule has 1 atom stereocenters. The first-order valence-corrected chi connectivity index (χ1v) is 10.1. The quantitative estimate of drug-likeness (QED) is 0.744. The van der Waals surface area contributed by atoms with Crippen LogP contribution in [0.2, 0.25) is 0 Å². The summed E-state index contributed by atoms with van der Waals surface area (Å²) in [5.74, 6) is 0. The normalized spacial score (nSPS) is 20.2. The predicted molar refractivity (Wildman–Crippen MR) is 95.7 cm³/mol. The Balaban J connectivity index is 2.33. The molecule has 1 aliphatic heterocycles. The summed E-state index contributed by atoms with van der Waals surface area (Å²) in [6.45, 7) is 6.13. The second-order valence-electron chi connectivity index (χ2n) is 6.64. The molecule has 1 fully saturated rings. The van der Waals surface area contributed by atoms with Gasteiger partial charge in [-0.25, -0.2) is 0 Å². The lowest BCUT2D eigenvalue weighted by Crippen LogP contribution is -2.47. The largest absolute Gasteiger partial charge is 0.304 e. The van der Waals surface area contributed by atoms with E-state index in [1.54, 1.807) is 4.31 Å². The maximum Gasteiger partial charge on any atom is 0.282 e. The van der Waals surface area contributed by atoms with Gasteiger partial charge in [0, 0.05) is 33.2 Å². The van der Waals surface area contributed by atoms with Crippen LogP contribution in [0.3, 0.4) is 0 Å². The molecule has 0 N–H and O–H groups in total. The molecular formula is C16H31N5O2S. The Bertz CT molecular complexity index is 637. The molecule has 2 rings (SSSR count). The molecule has 7 nitrogen and oxygen atoms in total. The van der Waals surface area contributed by atoms with E-state index in [4.69, 9.17) is 0 Å². The fourth-order valence-electron chi connectivity index (χ4n) is 3.34. The Morgan fingerprint density at radius 2 is 1.92 bits per heavy atom. The van der Waals surface area contributed by atoms with E-state index in [1.807, 2.05) is 39.7 Å². The molecule has 1 aromatic heterocycles. The zero-order valence-electron chi connectivity index (χ0n) is 15.6. The van der Waals surface area contributed by atoms with E-state index in [2.05, 4.69) is 16.1 Å². The van der Waals surface area contributed by atoms with Gasteiger partial charge in [0.05, 0.1) is 17.4 Å². The lowest BCUT2D eigenvalue weighted by atomic mass is 10.0. The van der Waals surface area contributed by atoms with Crippen LogP contribution in [-0.2, 0) is 23.8 Å². The highest BCUT2D eigenvalue weighted by Crippen LogP contribution is 2.33. The van der Waals surface area contributed by atoms with Crippen LogP contribution < -0.4 is 0 Å². The third kappa shape index (κ3) is 3.99. The summed E-state index contributed by atoms with van der Waals surface area (Å²) in [5, 5.41) is 4.63. The van der Waals surface area contributed by atoms with Crippen LogP contribution in [0, 0.1) is 0 Å². The molecule has 1 aromatic rings. The SMILES string of the molecule is CCN(CC)S(=O)(=O)N1CCCCC1c1cc(CN(C)C)n(C)n1. The molecule has 138 valence electrons. The Labute approximate surface area is 146 Å². The second-order valence-corrected chi connectivity index (χ2v) is 8.52. The van der Waals surface area contributed by atoms with Crippen LogP contribution >= 0.6 is 0 Å². The van der Waals surface area contributed by atoms with Gasteiger partial charge in [0.15, 0.2) is 0 Å². The molecule has 0 spiro atoms. The van der Waals surface area contributed by atoms with Gasteiger partial charge >= 0.3 is 0 Å². The highest BCUT2D eigenvalue weighted by Gasteiger charge is 2.37.